The molecule has 1 fully saturated rings. The topological polar surface area (TPSA) is 108 Å². The molecule has 2 rings (SSSR count). The lowest BCUT2D eigenvalue weighted by Crippen LogP contribution is -2.52. The zero-order valence-corrected chi connectivity index (χ0v) is 14.4. The summed E-state index contributed by atoms with van der Waals surface area (Å²) in [4.78, 5) is 37.9. The number of hydrogen-bond acceptors (Lipinski definition) is 5. The third kappa shape index (κ3) is 5.71. The van der Waals surface area contributed by atoms with Crippen LogP contribution in [0, 0.1) is 10.1 Å². The summed E-state index contributed by atoms with van der Waals surface area (Å²) in [7, 11) is 0. The van der Waals surface area contributed by atoms with E-state index in [9.17, 15) is 19.7 Å². The monoisotopic (exact) mass is 349 g/mol. The van der Waals surface area contributed by atoms with E-state index >= 15 is 0 Å². The van der Waals surface area contributed by atoms with Gasteiger partial charge in [0.05, 0.1) is 11.5 Å². The van der Waals surface area contributed by atoms with Gasteiger partial charge in [0.15, 0.2) is 0 Å². The average molecular weight is 349 g/mol. The minimum atomic E-state index is -0.503. The minimum Gasteiger partial charge on any atom is -0.353 e. The number of carbonyl (C=O) groups excluding carboxylic acids is 2. The lowest BCUT2D eigenvalue weighted by Gasteiger charge is -2.34. The summed E-state index contributed by atoms with van der Waals surface area (Å²) in [5, 5.41) is 16.3. The first-order valence-corrected chi connectivity index (χ1v) is 8.17. The number of carbonyl (C=O) groups is 2. The third-order valence-corrected chi connectivity index (χ3v) is 3.78. The molecule has 0 saturated carbocycles. The minimum absolute atomic E-state index is 0.0236. The molecule has 1 heterocycles. The molecule has 1 aliphatic heterocycles. The molecule has 0 spiro atoms. The molecule has 0 aromatic heterocycles. The number of amides is 3. The number of rotatable bonds is 5. The van der Waals surface area contributed by atoms with Crippen molar-refractivity contribution in [1.29, 1.82) is 0 Å². The second kappa shape index (κ2) is 8.43. The van der Waals surface area contributed by atoms with Gasteiger partial charge in [-0.05, 0) is 19.9 Å². The molecule has 136 valence electrons. The van der Waals surface area contributed by atoms with Crippen molar-refractivity contribution in [1.82, 2.24) is 15.1 Å². The van der Waals surface area contributed by atoms with Crippen LogP contribution < -0.4 is 10.6 Å². The molecule has 1 aliphatic rings. The fraction of sp³-hybridized carbons (Fsp3) is 0.500. The molecular weight excluding hydrogens is 326 g/mol. The van der Waals surface area contributed by atoms with E-state index in [2.05, 4.69) is 10.6 Å². The Morgan fingerprint density at radius 1 is 1.24 bits per heavy atom. The van der Waals surface area contributed by atoms with Crippen molar-refractivity contribution < 1.29 is 14.5 Å². The van der Waals surface area contributed by atoms with E-state index in [1.807, 2.05) is 18.7 Å². The quantitative estimate of drug-likeness (QED) is 0.615. The molecule has 1 aromatic rings. The summed E-state index contributed by atoms with van der Waals surface area (Å²) in [6, 6.07) is 5.64. The molecule has 0 radical (unpaired) electrons. The van der Waals surface area contributed by atoms with Gasteiger partial charge in [0, 0.05) is 50.0 Å². The van der Waals surface area contributed by atoms with Crippen molar-refractivity contribution in [3.63, 3.8) is 0 Å². The molecule has 0 bridgehead atoms. The normalized spacial score (nSPS) is 15.1. The van der Waals surface area contributed by atoms with Crippen molar-refractivity contribution in [3.8, 4) is 0 Å². The lowest BCUT2D eigenvalue weighted by atomic mass is 10.3. The number of benzene rings is 1. The van der Waals surface area contributed by atoms with E-state index in [0.29, 0.717) is 38.4 Å². The first-order chi connectivity index (χ1) is 11.8. The second-order valence-corrected chi connectivity index (χ2v) is 6.22. The molecule has 0 atom stereocenters. The standard InChI is InChI=1S/C16H23N5O4/c1-12(2)17-15(22)11-19-6-8-20(9-7-19)16(23)18-13-4-3-5-14(10-13)21(24)25/h3-5,10,12H,6-9,11H2,1-2H3,(H,17,22)(H,18,23). The van der Waals surface area contributed by atoms with Gasteiger partial charge in [0.25, 0.3) is 5.69 Å². The Bertz CT molecular complexity index is 641. The Balaban J connectivity index is 1.82. The molecule has 9 heteroatoms. The molecular formula is C16H23N5O4. The maximum absolute atomic E-state index is 12.3. The summed E-state index contributed by atoms with van der Waals surface area (Å²) >= 11 is 0. The van der Waals surface area contributed by atoms with Gasteiger partial charge in [-0.15, -0.1) is 0 Å². The van der Waals surface area contributed by atoms with Gasteiger partial charge in [0.1, 0.15) is 0 Å². The smallest absolute Gasteiger partial charge is 0.321 e. The van der Waals surface area contributed by atoms with Crippen LogP contribution in [-0.2, 0) is 4.79 Å². The SMILES string of the molecule is CC(C)NC(=O)CN1CCN(C(=O)Nc2cccc([N+](=O)[O-])c2)CC1. The maximum Gasteiger partial charge on any atom is 0.321 e. The summed E-state index contributed by atoms with van der Waals surface area (Å²) in [5.74, 6) is -0.0236. The van der Waals surface area contributed by atoms with Crippen LogP contribution >= 0.6 is 0 Å². The zero-order valence-electron chi connectivity index (χ0n) is 14.4. The molecule has 9 nitrogen and oxygen atoms in total. The maximum atomic E-state index is 12.3. The Morgan fingerprint density at radius 2 is 1.92 bits per heavy atom. The van der Waals surface area contributed by atoms with Gasteiger partial charge in [0.2, 0.25) is 5.91 Å². The van der Waals surface area contributed by atoms with Gasteiger partial charge < -0.3 is 15.5 Å². The highest BCUT2D eigenvalue weighted by Crippen LogP contribution is 2.17. The van der Waals surface area contributed by atoms with E-state index in [1.54, 1.807) is 11.0 Å². The third-order valence-electron chi connectivity index (χ3n) is 3.78. The summed E-state index contributed by atoms with van der Waals surface area (Å²) in [6.45, 7) is 6.34. The number of nitro benzene ring substituents is 1. The molecule has 0 aliphatic carbocycles. The van der Waals surface area contributed by atoms with Gasteiger partial charge in [-0.3, -0.25) is 19.8 Å². The van der Waals surface area contributed by atoms with E-state index in [-0.39, 0.29) is 23.7 Å². The van der Waals surface area contributed by atoms with Gasteiger partial charge in [-0.25, -0.2) is 4.79 Å². The Kier molecular flexibility index (Phi) is 6.29. The molecule has 1 saturated heterocycles. The number of anilines is 1. The summed E-state index contributed by atoms with van der Waals surface area (Å²) < 4.78 is 0. The highest BCUT2D eigenvalue weighted by molar-refractivity contribution is 5.89. The van der Waals surface area contributed by atoms with Crippen LogP contribution in [0.25, 0.3) is 0 Å². The predicted molar refractivity (Wildman–Crippen MR) is 93.4 cm³/mol. The van der Waals surface area contributed by atoms with E-state index in [1.165, 1.54) is 18.2 Å². The van der Waals surface area contributed by atoms with Crippen molar-refractivity contribution >= 4 is 23.3 Å². The number of nitrogens with one attached hydrogen (secondary N) is 2. The fourth-order valence-corrected chi connectivity index (χ4v) is 2.58. The van der Waals surface area contributed by atoms with Crippen molar-refractivity contribution in [2.45, 2.75) is 19.9 Å². The first-order valence-electron chi connectivity index (χ1n) is 8.17. The van der Waals surface area contributed by atoms with E-state index < -0.39 is 4.92 Å². The number of piperazine rings is 1. The van der Waals surface area contributed by atoms with Crippen LogP contribution in [0.4, 0.5) is 16.2 Å². The van der Waals surface area contributed by atoms with Crippen LogP contribution in [-0.4, -0.2) is 65.4 Å². The Labute approximate surface area is 146 Å². The Morgan fingerprint density at radius 3 is 2.52 bits per heavy atom. The van der Waals surface area contributed by atoms with Gasteiger partial charge in [-0.2, -0.15) is 0 Å². The Hall–Kier alpha value is -2.68. The van der Waals surface area contributed by atoms with Crippen LogP contribution in [0.1, 0.15) is 13.8 Å². The van der Waals surface area contributed by atoms with Crippen molar-refractivity contribution in [2.24, 2.45) is 0 Å². The summed E-state index contributed by atoms with van der Waals surface area (Å²) in [6.07, 6.45) is 0. The number of non-ortho nitro benzene ring substituents is 1. The van der Waals surface area contributed by atoms with Crippen LogP contribution in [0.3, 0.4) is 0 Å². The molecule has 0 unspecified atom stereocenters. The molecule has 25 heavy (non-hydrogen) atoms. The van der Waals surface area contributed by atoms with E-state index in [4.69, 9.17) is 0 Å². The molecule has 2 N–H and O–H groups in total. The number of hydrogen-bond donors (Lipinski definition) is 2. The number of nitro groups is 1. The first kappa shape index (κ1) is 18.7. The zero-order chi connectivity index (χ0) is 18.4. The number of nitrogens with zero attached hydrogens (tertiary/aromatic N) is 3. The highest BCUT2D eigenvalue weighted by Gasteiger charge is 2.22. The molecule has 3 amide bonds. The van der Waals surface area contributed by atoms with Crippen molar-refractivity contribution in [3.05, 3.63) is 34.4 Å². The van der Waals surface area contributed by atoms with Gasteiger partial charge in [-0.1, -0.05) is 6.07 Å². The lowest BCUT2D eigenvalue weighted by molar-refractivity contribution is -0.384. The fourth-order valence-electron chi connectivity index (χ4n) is 2.58. The van der Waals surface area contributed by atoms with Crippen LogP contribution in [0.5, 0.6) is 0 Å². The average Bonchev–Trinajstić information content (AvgIpc) is 2.54. The molecule has 1 aromatic carbocycles. The summed E-state index contributed by atoms with van der Waals surface area (Å²) in [5.41, 5.74) is 0.316. The predicted octanol–water partition coefficient (Wildman–Crippen LogP) is 1.27. The highest BCUT2D eigenvalue weighted by atomic mass is 16.6. The number of urea groups is 1. The van der Waals surface area contributed by atoms with Crippen LogP contribution in [0.2, 0.25) is 0 Å². The van der Waals surface area contributed by atoms with Gasteiger partial charge >= 0.3 is 6.03 Å². The second-order valence-electron chi connectivity index (χ2n) is 6.22. The largest absolute Gasteiger partial charge is 0.353 e. The van der Waals surface area contributed by atoms with Crippen LogP contribution in [0.15, 0.2) is 24.3 Å². The van der Waals surface area contributed by atoms with E-state index in [0.717, 1.165) is 0 Å². The van der Waals surface area contributed by atoms with Crippen molar-refractivity contribution in [2.75, 3.05) is 38.0 Å².